The number of methoxy groups -OCH3 is 6. The second-order valence-electron chi connectivity index (χ2n) is 9.37. The first-order valence-electron chi connectivity index (χ1n) is 13.1. The van der Waals surface area contributed by atoms with E-state index >= 15 is 0 Å². The number of amides is 1. The summed E-state index contributed by atoms with van der Waals surface area (Å²) in [6, 6.07) is 8.67. The molecule has 1 saturated heterocycles. The molecule has 1 fully saturated rings. The Bertz CT molecular complexity index is 1410. The van der Waals surface area contributed by atoms with Crippen LogP contribution in [-0.4, -0.2) is 109 Å². The number of piperazine rings is 1. The number of esters is 1. The van der Waals surface area contributed by atoms with E-state index in [9.17, 15) is 14.7 Å². The zero-order chi connectivity index (χ0) is 29.7. The Balaban J connectivity index is 2.05. The predicted molar refractivity (Wildman–Crippen MR) is 153 cm³/mol. The first kappa shape index (κ1) is 29.8. The van der Waals surface area contributed by atoms with E-state index < -0.39 is 5.97 Å². The number of aliphatic hydroxyl groups excluding tert-OH is 1. The molecule has 0 saturated carbocycles. The van der Waals surface area contributed by atoms with Crippen molar-refractivity contribution in [3.05, 3.63) is 41.5 Å². The molecule has 0 bridgehead atoms. The lowest BCUT2D eigenvalue weighted by Crippen LogP contribution is -2.49. The fraction of sp³-hybridized carbons (Fsp3) is 0.400. The van der Waals surface area contributed by atoms with Gasteiger partial charge in [0.25, 0.3) is 5.91 Å². The van der Waals surface area contributed by atoms with Crippen molar-refractivity contribution in [2.24, 2.45) is 0 Å². The lowest BCUT2D eigenvalue weighted by atomic mass is 9.88. The second-order valence-corrected chi connectivity index (χ2v) is 9.37. The summed E-state index contributed by atoms with van der Waals surface area (Å²) in [6.45, 7) is 2.70. The van der Waals surface area contributed by atoms with Crippen molar-refractivity contribution in [1.82, 2.24) is 9.80 Å². The van der Waals surface area contributed by atoms with E-state index in [1.54, 1.807) is 35.2 Å². The van der Waals surface area contributed by atoms with Crippen LogP contribution in [0.2, 0.25) is 0 Å². The van der Waals surface area contributed by atoms with Crippen molar-refractivity contribution in [3.63, 3.8) is 0 Å². The molecule has 4 rings (SSSR count). The fourth-order valence-corrected chi connectivity index (χ4v) is 5.22. The summed E-state index contributed by atoms with van der Waals surface area (Å²) in [5.41, 5.74) is 1.27. The van der Waals surface area contributed by atoms with E-state index in [-0.39, 0.29) is 23.6 Å². The van der Waals surface area contributed by atoms with Crippen LogP contribution in [0.1, 0.15) is 20.7 Å². The van der Waals surface area contributed by atoms with Gasteiger partial charge in [-0.2, -0.15) is 0 Å². The molecule has 1 heterocycles. The van der Waals surface area contributed by atoms with E-state index in [4.69, 9.17) is 28.4 Å². The number of carbonyl (C=O) groups is 2. The molecule has 11 nitrogen and oxygen atoms in total. The van der Waals surface area contributed by atoms with E-state index in [2.05, 4.69) is 4.90 Å². The highest BCUT2D eigenvalue weighted by molar-refractivity contribution is 6.17. The number of fused-ring (bicyclic) bond motifs is 1. The van der Waals surface area contributed by atoms with Crippen molar-refractivity contribution in [1.29, 1.82) is 0 Å². The Kier molecular flexibility index (Phi) is 9.41. The first-order chi connectivity index (χ1) is 19.8. The molecule has 3 aromatic rings. The van der Waals surface area contributed by atoms with Crippen LogP contribution in [0.4, 0.5) is 0 Å². The molecule has 1 aliphatic heterocycles. The summed E-state index contributed by atoms with van der Waals surface area (Å²) in [5.74, 6) is 1.08. The zero-order valence-electron chi connectivity index (χ0n) is 24.2. The molecule has 220 valence electrons. The number of carbonyl (C=O) groups excluding carboxylic acids is 2. The maximum Gasteiger partial charge on any atom is 0.339 e. The van der Waals surface area contributed by atoms with E-state index in [0.717, 1.165) is 0 Å². The van der Waals surface area contributed by atoms with Crippen molar-refractivity contribution in [2.45, 2.75) is 0 Å². The van der Waals surface area contributed by atoms with Crippen LogP contribution in [0, 0.1) is 0 Å². The van der Waals surface area contributed by atoms with Gasteiger partial charge in [-0.3, -0.25) is 9.69 Å². The SMILES string of the molecule is COC(=O)c1c(C(=O)N2CCN(CCO)CC2)cc2cc(OC)c(OC)cc2c1-c1cc(OC)c(OC)c(OC)c1. The summed E-state index contributed by atoms with van der Waals surface area (Å²) in [6.07, 6.45) is 0. The fourth-order valence-electron chi connectivity index (χ4n) is 5.22. The van der Waals surface area contributed by atoms with Crippen LogP contribution in [0.15, 0.2) is 30.3 Å². The quantitative estimate of drug-likeness (QED) is 0.366. The summed E-state index contributed by atoms with van der Waals surface area (Å²) < 4.78 is 33.1. The van der Waals surface area contributed by atoms with Gasteiger partial charge in [0.2, 0.25) is 5.75 Å². The lowest BCUT2D eigenvalue weighted by Gasteiger charge is -2.34. The monoisotopic (exact) mass is 568 g/mol. The van der Waals surface area contributed by atoms with Crippen molar-refractivity contribution in [2.75, 3.05) is 82.0 Å². The van der Waals surface area contributed by atoms with Gasteiger partial charge < -0.3 is 38.4 Å². The highest BCUT2D eigenvalue weighted by atomic mass is 16.5. The topological polar surface area (TPSA) is 116 Å². The standard InChI is InChI=1S/C30H36N2O9/c1-36-22-14-18-13-21(29(34)32-9-7-31(8-10-32)11-12-33)27(30(35)41-6)26(20(18)17-23(22)37-2)19-15-24(38-3)28(40-5)25(16-19)39-4/h13-17,33H,7-12H2,1-6H3. The second kappa shape index (κ2) is 13.0. The molecule has 0 spiro atoms. The van der Waals surface area contributed by atoms with E-state index in [1.165, 1.54) is 42.7 Å². The molecule has 0 aromatic heterocycles. The third kappa shape index (κ3) is 5.68. The number of benzene rings is 3. The third-order valence-corrected chi connectivity index (χ3v) is 7.29. The molecule has 1 N–H and O–H groups in total. The van der Waals surface area contributed by atoms with Crippen LogP contribution in [0.5, 0.6) is 28.7 Å². The van der Waals surface area contributed by atoms with Gasteiger partial charge in [0.05, 0.1) is 60.4 Å². The average molecular weight is 569 g/mol. The van der Waals surface area contributed by atoms with Gasteiger partial charge in [-0.05, 0) is 46.7 Å². The number of nitrogens with zero attached hydrogens (tertiary/aromatic N) is 2. The molecule has 0 radical (unpaired) electrons. The van der Waals surface area contributed by atoms with Gasteiger partial charge >= 0.3 is 5.97 Å². The van der Waals surface area contributed by atoms with Gasteiger partial charge in [-0.1, -0.05) is 0 Å². The maximum absolute atomic E-state index is 14.1. The summed E-state index contributed by atoms with van der Waals surface area (Å²) in [7, 11) is 8.85. The molecule has 1 aliphatic rings. The molecule has 0 atom stereocenters. The number of hydrogen-bond donors (Lipinski definition) is 1. The maximum atomic E-state index is 14.1. The Morgan fingerprint density at radius 2 is 1.34 bits per heavy atom. The number of hydrogen-bond acceptors (Lipinski definition) is 10. The molecule has 0 aliphatic carbocycles. The molecule has 1 amide bonds. The van der Waals surface area contributed by atoms with E-state index in [0.29, 0.717) is 83.4 Å². The van der Waals surface area contributed by atoms with Crippen molar-refractivity contribution < 1.29 is 43.1 Å². The van der Waals surface area contributed by atoms with Gasteiger partial charge in [-0.25, -0.2) is 4.79 Å². The number of ether oxygens (including phenoxy) is 6. The average Bonchev–Trinajstić information content (AvgIpc) is 3.01. The first-order valence-corrected chi connectivity index (χ1v) is 13.1. The number of rotatable bonds is 10. The minimum absolute atomic E-state index is 0.0502. The van der Waals surface area contributed by atoms with Crippen molar-refractivity contribution >= 4 is 22.6 Å². The Morgan fingerprint density at radius 3 is 1.85 bits per heavy atom. The summed E-state index contributed by atoms with van der Waals surface area (Å²) in [5, 5.41) is 10.6. The van der Waals surface area contributed by atoms with Crippen LogP contribution in [-0.2, 0) is 4.74 Å². The smallest absolute Gasteiger partial charge is 0.339 e. The zero-order valence-corrected chi connectivity index (χ0v) is 24.2. The van der Waals surface area contributed by atoms with E-state index in [1.807, 2.05) is 0 Å². The molecule has 0 unspecified atom stereocenters. The predicted octanol–water partition coefficient (Wildman–Crippen LogP) is 3.09. The van der Waals surface area contributed by atoms with Gasteiger partial charge in [-0.15, -0.1) is 0 Å². The Morgan fingerprint density at radius 1 is 0.756 bits per heavy atom. The van der Waals surface area contributed by atoms with Gasteiger partial charge in [0.1, 0.15) is 0 Å². The molecular weight excluding hydrogens is 532 g/mol. The lowest BCUT2D eigenvalue weighted by molar-refractivity contribution is 0.0567. The van der Waals surface area contributed by atoms with Crippen LogP contribution in [0.25, 0.3) is 21.9 Å². The summed E-state index contributed by atoms with van der Waals surface area (Å²) >= 11 is 0. The third-order valence-electron chi connectivity index (χ3n) is 7.29. The van der Waals surface area contributed by atoms with Gasteiger partial charge in [0.15, 0.2) is 23.0 Å². The number of aliphatic hydroxyl groups is 1. The van der Waals surface area contributed by atoms with Crippen LogP contribution >= 0.6 is 0 Å². The summed E-state index contributed by atoms with van der Waals surface area (Å²) in [4.78, 5) is 31.4. The number of β-amino-alcohol motifs (C(OH)–C–C–N with tert-alkyl or cyclic N) is 1. The highest BCUT2D eigenvalue weighted by Crippen LogP contribution is 2.46. The molecule has 11 heteroatoms. The van der Waals surface area contributed by atoms with Crippen LogP contribution in [0.3, 0.4) is 0 Å². The highest BCUT2D eigenvalue weighted by Gasteiger charge is 2.31. The Labute approximate surface area is 239 Å². The normalized spacial score (nSPS) is 13.6. The molecule has 3 aromatic carbocycles. The molecule has 41 heavy (non-hydrogen) atoms. The molecular formula is C30H36N2O9. The minimum Gasteiger partial charge on any atom is -0.493 e. The largest absolute Gasteiger partial charge is 0.493 e. The van der Waals surface area contributed by atoms with Gasteiger partial charge in [0, 0.05) is 38.3 Å². The minimum atomic E-state index is -0.673. The Hall–Kier alpha value is -4.22. The van der Waals surface area contributed by atoms with Crippen molar-refractivity contribution in [3.8, 4) is 39.9 Å². The van der Waals surface area contributed by atoms with Crippen LogP contribution < -0.4 is 23.7 Å².